The normalized spacial score (nSPS) is 9.40. The van der Waals surface area contributed by atoms with E-state index >= 15 is 0 Å². The molecule has 1 rings (SSSR count). The monoisotopic (exact) mass is 134 g/mol. The zero-order valence-corrected chi connectivity index (χ0v) is 5.79. The van der Waals surface area contributed by atoms with Crippen molar-refractivity contribution in [2.24, 2.45) is 0 Å². The van der Waals surface area contributed by atoms with Crippen LogP contribution in [0.25, 0.3) is 0 Å². The third-order valence-corrected chi connectivity index (χ3v) is 1.20. The number of aryl methyl sites for hydroxylation is 1. The highest BCUT2D eigenvalue weighted by molar-refractivity contribution is 5.97. The summed E-state index contributed by atoms with van der Waals surface area (Å²) in [6.07, 6.45) is 1.60. The van der Waals surface area contributed by atoms with Gasteiger partial charge in [0.25, 0.3) is 0 Å². The van der Waals surface area contributed by atoms with Crippen molar-refractivity contribution in [1.82, 2.24) is 4.98 Å². The lowest BCUT2D eigenvalue weighted by molar-refractivity contribution is 0.103. The lowest BCUT2D eigenvalue weighted by Gasteiger charge is -1.93. The number of hydrogen-bond acceptors (Lipinski definition) is 2. The summed E-state index contributed by atoms with van der Waals surface area (Å²) in [5.41, 5.74) is 1.46. The molecular weight excluding hydrogens is 126 g/mol. The molecule has 0 aliphatic heterocycles. The number of carbonyl (C=O) groups is 1. The molecule has 0 spiro atoms. The summed E-state index contributed by atoms with van der Waals surface area (Å²) in [6, 6.07) is 3.56. The van der Waals surface area contributed by atoms with E-state index < -0.39 is 0 Å². The zero-order valence-electron chi connectivity index (χ0n) is 5.79. The van der Waals surface area contributed by atoms with Gasteiger partial charge in [-0.1, -0.05) is 0 Å². The smallest absolute Gasteiger partial charge is 0.181 e. The molecule has 0 unspecified atom stereocenters. The summed E-state index contributed by atoms with van der Waals surface area (Å²) >= 11 is 0. The maximum atomic E-state index is 10.6. The molecule has 2 nitrogen and oxygen atoms in total. The van der Waals surface area contributed by atoms with Gasteiger partial charge in [-0.2, -0.15) is 0 Å². The average molecular weight is 134 g/mol. The van der Waals surface area contributed by atoms with Crippen LogP contribution in [-0.2, 0) is 0 Å². The minimum Gasteiger partial charge on any atom is -0.292 e. The van der Waals surface area contributed by atoms with E-state index in [4.69, 9.17) is 0 Å². The van der Waals surface area contributed by atoms with E-state index in [0.717, 1.165) is 5.56 Å². The molecule has 0 amide bonds. The lowest BCUT2D eigenvalue weighted by Crippen LogP contribution is -1.95. The number of Topliss-reactive ketones (excluding diaryl/α,β-unsaturated/α-hetero) is 1. The van der Waals surface area contributed by atoms with Crippen LogP contribution in [0.15, 0.2) is 18.3 Å². The number of hydrogen-bond donors (Lipinski definition) is 0. The van der Waals surface area contributed by atoms with E-state index in [1.165, 1.54) is 0 Å². The van der Waals surface area contributed by atoms with Crippen LogP contribution in [0.5, 0.6) is 0 Å². The van der Waals surface area contributed by atoms with Gasteiger partial charge >= 0.3 is 0 Å². The van der Waals surface area contributed by atoms with Crippen LogP contribution in [0.4, 0.5) is 0 Å². The SMILES string of the molecule is [CH2]C(=O)c1cc(C)ccn1. The summed E-state index contributed by atoms with van der Waals surface area (Å²) in [7, 11) is 0. The van der Waals surface area contributed by atoms with Crippen molar-refractivity contribution in [1.29, 1.82) is 0 Å². The number of aromatic nitrogens is 1. The molecule has 0 saturated carbocycles. The summed E-state index contributed by atoms with van der Waals surface area (Å²) in [6.45, 7) is 5.16. The fraction of sp³-hybridized carbons (Fsp3) is 0.125. The second-order valence-electron chi connectivity index (χ2n) is 2.14. The molecule has 0 aliphatic rings. The number of nitrogens with zero attached hydrogens (tertiary/aromatic N) is 1. The van der Waals surface area contributed by atoms with Gasteiger partial charge in [0.1, 0.15) is 5.69 Å². The third kappa shape index (κ3) is 1.41. The van der Waals surface area contributed by atoms with Gasteiger partial charge in [-0.3, -0.25) is 9.78 Å². The van der Waals surface area contributed by atoms with Crippen molar-refractivity contribution in [3.8, 4) is 0 Å². The first-order valence-electron chi connectivity index (χ1n) is 2.99. The maximum Gasteiger partial charge on any atom is 0.181 e. The van der Waals surface area contributed by atoms with Gasteiger partial charge in [0, 0.05) is 13.1 Å². The van der Waals surface area contributed by atoms with Crippen molar-refractivity contribution < 1.29 is 4.79 Å². The Morgan fingerprint density at radius 1 is 1.70 bits per heavy atom. The highest BCUT2D eigenvalue weighted by Crippen LogP contribution is 1.99. The fourth-order valence-corrected chi connectivity index (χ4v) is 0.689. The molecule has 0 aliphatic carbocycles. The Morgan fingerprint density at radius 3 is 2.80 bits per heavy atom. The van der Waals surface area contributed by atoms with Gasteiger partial charge in [0.05, 0.1) is 0 Å². The van der Waals surface area contributed by atoms with Crippen LogP contribution < -0.4 is 0 Å². The van der Waals surface area contributed by atoms with Crippen LogP contribution in [0.3, 0.4) is 0 Å². The van der Waals surface area contributed by atoms with Crippen molar-refractivity contribution >= 4 is 5.78 Å². The summed E-state index contributed by atoms with van der Waals surface area (Å²) in [4.78, 5) is 14.5. The van der Waals surface area contributed by atoms with Crippen LogP contribution in [0.2, 0.25) is 0 Å². The van der Waals surface area contributed by atoms with Crippen LogP contribution in [0.1, 0.15) is 16.1 Å². The molecule has 0 bridgehead atoms. The Labute approximate surface area is 59.9 Å². The molecule has 51 valence electrons. The second kappa shape index (κ2) is 2.60. The summed E-state index contributed by atoms with van der Waals surface area (Å²) < 4.78 is 0. The van der Waals surface area contributed by atoms with Crippen LogP contribution in [0, 0.1) is 13.8 Å². The quantitative estimate of drug-likeness (QED) is 0.543. The maximum absolute atomic E-state index is 10.6. The van der Waals surface area contributed by atoms with Gasteiger partial charge in [0.15, 0.2) is 5.78 Å². The molecule has 10 heavy (non-hydrogen) atoms. The van der Waals surface area contributed by atoms with E-state index in [2.05, 4.69) is 11.9 Å². The highest BCUT2D eigenvalue weighted by atomic mass is 16.1. The first-order valence-corrected chi connectivity index (χ1v) is 2.99. The zero-order chi connectivity index (χ0) is 7.56. The topological polar surface area (TPSA) is 30.0 Å². The number of rotatable bonds is 1. The van der Waals surface area contributed by atoms with E-state index in [0.29, 0.717) is 5.69 Å². The van der Waals surface area contributed by atoms with Gasteiger partial charge < -0.3 is 0 Å². The van der Waals surface area contributed by atoms with Crippen molar-refractivity contribution in [2.45, 2.75) is 6.92 Å². The molecule has 0 saturated heterocycles. The predicted octanol–water partition coefficient (Wildman–Crippen LogP) is 1.41. The standard InChI is InChI=1S/C8H8NO/c1-6-3-4-9-8(5-6)7(2)10/h3-5H,2H2,1H3. The number of pyridine rings is 1. The van der Waals surface area contributed by atoms with Crippen molar-refractivity contribution in [3.63, 3.8) is 0 Å². The molecule has 1 heterocycles. The Hall–Kier alpha value is -1.18. The number of carbonyl (C=O) groups excluding carboxylic acids is 1. The predicted molar refractivity (Wildman–Crippen MR) is 38.7 cm³/mol. The Bertz CT molecular complexity index is 255. The van der Waals surface area contributed by atoms with Crippen molar-refractivity contribution in [2.75, 3.05) is 0 Å². The Balaban J connectivity index is 3.07. The Kier molecular flexibility index (Phi) is 1.81. The molecular formula is C8H8NO. The van der Waals surface area contributed by atoms with Gasteiger partial charge in [-0.05, 0) is 24.6 Å². The molecule has 1 aromatic rings. The van der Waals surface area contributed by atoms with Crippen molar-refractivity contribution in [3.05, 3.63) is 36.5 Å². The molecule has 1 aromatic heterocycles. The second-order valence-corrected chi connectivity index (χ2v) is 2.14. The minimum atomic E-state index is -0.233. The molecule has 0 aromatic carbocycles. The van der Waals surface area contributed by atoms with Gasteiger partial charge in [-0.25, -0.2) is 0 Å². The lowest BCUT2D eigenvalue weighted by atomic mass is 10.2. The molecule has 1 radical (unpaired) electrons. The molecule has 0 fully saturated rings. The van der Waals surface area contributed by atoms with E-state index in [-0.39, 0.29) is 5.78 Å². The molecule has 0 N–H and O–H groups in total. The first kappa shape index (κ1) is 6.93. The fourth-order valence-electron chi connectivity index (χ4n) is 0.689. The molecule has 0 atom stereocenters. The third-order valence-electron chi connectivity index (χ3n) is 1.20. The van der Waals surface area contributed by atoms with E-state index in [9.17, 15) is 4.79 Å². The largest absolute Gasteiger partial charge is 0.292 e. The van der Waals surface area contributed by atoms with Crippen LogP contribution >= 0.6 is 0 Å². The minimum absolute atomic E-state index is 0.233. The Morgan fingerprint density at radius 2 is 2.40 bits per heavy atom. The van der Waals surface area contributed by atoms with Crippen LogP contribution in [-0.4, -0.2) is 10.8 Å². The summed E-state index contributed by atoms with van der Waals surface area (Å²) in [5.74, 6) is -0.233. The highest BCUT2D eigenvalue weighted by Gasteiger charge is 1.98. The number of ketones is 1. The molecule has 2 heteroatoms. The first-order chi connectivity index (χ1) is 4.70. The van der Waals surface area contributed by atoms with Gasteiger partial charge in [-0.15, -0.1) is 0 Å². The van der Waals surface area contributed by atoms with Gasteiger partial charge in [0.2, 0.25) is 0 Å². The van der Waals surface area contributed by atoms with E-state index in [1.807, 2.05) is 13.0 Å². The summed E-state index contributed by atoms with van der Waals surface area (Å²) in [5, 5.41) is 0. The average Bonchev–Trinajstić information content (AvgIpc) is 1.88. The van der Waals surface area contributed by atoms with E-state index in [1.54, 1.807) is 12.3 Å².